The topological polar surface area (TPSA) is 128 Å². The quantitative estimate of drug-likeness (QED) is 0.395. The molecule has 0 amide bonds. The number of aromatic nitrogens is 7. The molecule has 0 aliphatic carbocycles. The summed E-state index contributed by atoms with van der Waals surface area (Å²) in [7, 11) is 5.49. The summed E-state index contributed by atoms with van der Waals surface area (Å²) >= 11 is 0. The SMILES string of the molecule is CCOc1nn([C@@H](C)CO)c2c1/C=C/c1[nH]nc3c(OC)nc(cc13)-c1c(C)nn(C)c1O[C@@H](C)CN(C)C2. The minimum Gasteiger partial charge on any atom is -0.479 e. The lowest BCUT2D eigenvalue weighted by atomic mass is 10.1. The van der Waals surface area contributed by atoms with E-state index in [1.165, 1.54) is 0 Å². The number of hydrogen-bond donors (Lipinski definition) is 2. The van der Waals surface area contributed by atoms with E-state index in [2.05, 4.69) is 20.2 Å². The Labute approximate surface area is 227 Å². The molecule has 5 rings (SSSR count). The number of likely N-dealkylation sites (N-methyl/N-ethyl adjacent to an activating group) is 1. The number of ether oxygens (including phenoxy) is 3. The molecular weight excluding hydrogens is 500 g/mol. The van der Waals surface area contributed by atoms with Gasteiger partial charge >= 0.3 is 0 Å². The third kappa shape index (κ3) is 4.85. The van der Waals surface area contributed by atoms with Crippen LogP contribution in [0.2, 0.25) is 0 Å². The molecule has 0 aromatic carbocycles. The number of rotatable bonds is 5. The number of fused-ring (bicyclic) bond motifs is 4. The van der Waals surface area contributed by atoms with Crippen LogP contribution >= 0.6 is 0 Å². The molecule has 0 radical (unpaired) electrons. The fraction of sp³-hybridized carbons (Fsp3) is 0.481. The number of aryl methyl sites for hydroxylation is 2. The Bertz CT molecular complexity index is 1520. The molecule has 208 valence electrons. The first kappa shape index (κ1) is 26.7. The number of methoxy groups -OCH3 is 1. The zero-order valence-electron chi connectivity index (χ0n) is 23.5. The average Bonchev–Trinajstić information content (AvgIpc) is 3.54. The molecule has 39 heavy (non-hydrogen) atoms. The molecule has 0 fully saturated rings. The highest BCUT2D eigenvalue weighted by Gasteiger charge is 2.26. The zero-order valence-corrected chi connectivity index (χ0v) is 23.5. The number of pyridine rings is 1. The van der Waals surface area contributed by atoms with E-state index in [1.54, 1.807) is 11.8 Å². The third-order valence-corrected chi connectivity index (χ3v) is 6.86. The van der Waals surface area contributed by atoms with E-state index in [4.69, 9.17) is 24.3 Å². The lowest BCUT2D eigenvalue weighted by Crippen LogP contribution is -2.32. The standard InChI is InChI=1S/C27H36N8O4/c1-8-38-25-18-9-10-20-19-11-21(28-26(37-7)24(19)30-29-20)23-17(4)31-34(6)27(23)39-16(3)12-33(5)13-22(18)35(32-25)15(2)14-36/h9-11,15-16,36H,8,12-14H2,1-7H3,(H,29,30)/b10-9+/t15-,16-/m0/s1. The Hall–Kier alpha value is -3.90. The molecule has 5 heterocycles. The van der Waals surface area contributed by atoms with Crippen molar-refractivity contribution in [1.82, 2.24) is 39.6 Å². The summed E-state index contributed by atoms with van der Waals surface area (Å²) in [6, 6.07) is 1.76. The van der Waals surface area contributed by atoms with Crippen LogP contribution in [0.25, 0.3) is 34.3 Å². The highest BCUT2D eigenvalue weighted by Crippen LogP contribution is 2.37. The fourth-order valence-corrected chi connectivity index (χ4v) is 5.09. The zero-order chi connectivity index (χ0) is 27.8. The van der Waals surface area contributed by atoms with Gasteiger partial charge in [-0.05, 0) is 53.0 Å². The molecule has 0 unspecified atom stereocenters. The smallest absolute Gasteiger partial charge is 0.242 e. The molecule has 2 bridgehead atoms. The lowest BCUT2D eigenvalue weighted by Gasteiger charge is -2.24. The first-order valence-corrected chi connectivity index (χ1v) is 13.1. The Balaban J connectivity index is 1.76. The van der Waals surface area contributed by atoms with Crippen molar-refractivity contribution >= 4 is 23.1 Å². The van der Waals surface area contributed by atoms with Crippen LogP contribution in [0.15, 0.2) is 6.07 Å². The molecule has 4 aromatic heterocycles. The lowest BCUT2D eigenvalue weighted by molar-refractivity contribution is 0.145. The van der Waals surface area contributed by atoms with Gasteiger partial charge in [0.25, 0.3) is 0 Å². The van der Waals surface area contributed by atoms with Gasteiger partial charge in [-0.1, -0.05) is 0 Å². The van der Waals surface area contributed by atoms with Gasteiger partial charge in [0.1, 0.15) is 6.10 Å². The van der Waals surface area contributed by atoms with Crippen molar-refractivity contribution in [3.8, 4) is 28.9 Å². The number of aliphatic hydroxyl groups excluding tert-OH is 1. The fourth-order valence-electron chi connectivity index (χ4n) is 5.09. The van der Waals surface area contributed by atoms with Crippen LogP contribution in [0.4, 0.5) is 0 Å². The van der Waals surface area contributed by atoms with E-state index in [0.29, 0.717) is 48.5 Å². The van der Waals surface area contributed by atoms with Crippen molar-refractivity contribution in [1.29, 1.82) is 0 Å². The second kappa shape index (κ2) is 10.7. The van der Waals surface area contributed by atoms with Crippen molar-refractivity contribution in [2.24, 2.45) is 7.05 Å². The summed E-state index contributed by atoms with van der Waals surface area (Å²) in [4.78, 5) is 6.95. The summed E-state index contributed by atoms with van der Waals surface area (Å²) in [6.45, 7) is 9.47. The first-order valence-electron chi connectivity index (χ1n) is 13.1. The number of hydrogen-bond acceptors (Lipinski definition) is 9. The number of nitrogens with one attached hydrogen (secondary N) is 1. The van der Waals surface area contributed by atoms with Crippen LogP contribution in [0.3, 0.4) is 0 Å². The summed E-state index contributed by atoms with van der Waals surface area (Å²) in [5, 5.41) is 27.8. The molecule has 4 aromatic rings. The van der Waals surface area contributed by atoms with Gasteiger partial charge in [-0.25, -0.2) is 9.67 Å². The number of H-pyrrole nitrogens is 1. The highest BCUT2D eigenvalue weighted by molar-refractivity contribution is 5.95. The van der Waals surface area contributed by atoms with Crippen molar-refractivity contribution < 1.29 is 19.3 Å². The van der Waals surface area contributed by atoms with Crippen LogP contribution in [0.1, 0.15) is 49.5 Å². The number of aliphatic hydroxyl groups is 1. The predicted molar refractivity (Wildman–Crippen MR) is 148 cm³/mol. The Kier molecular flexibility index (Phi) is 7.32. The van der Waals surface area contributed by atoms with Crippen LogP contribution < -0.4 is 14.2 Å². The van der Waals surface area contributed by atoms with Crippen LogP contribution in [-0.4, -0.2) is 84.8 Å². The summed E-state index contributed by atoms with van der Waals surface area (Å²) in [5.74, 6) is 1.56. The van der Waals surface area contributed by atoms with E-state index in [0.717, 1.165) is 33.6 Å². The Morgan fingerprint density at radius 1 is 1.23 bits per heavy atom. The van der Waals surface area contributed by atoms with E-state index in [9.17, 15) is 5.11 Å². The van der Waals surface area contributed by atoms with Gasteiger partial charge in [0.15, 0.2) is 5.52 Å². The molecule has 0 spiro atoms. The van der Waals surface area contributed by atoms with E-state index < -0.39 is 0 Å². The molecule has 12 nitrogen and oxygen atoms in total. The van der Waals surface area contributed by atoms with Crippen LogP contribution in [0.5, 0.6) is 17.6 Å². The molecule has 2 atom stereocenters. The van der Waals surface area contributed by atoms with Crippen molar-refractivity contribution in [3.05, 3.63) is 28.7 Å². The van der Waals surface area contributed by atoms with E-state index in [-0.39, 0.29) is 18.8 Å². The molecule has 1 aliphatic rings. The van der Waals surface area contributed by atoms with Gasteiger partial charge in [0.05, 0.1) is 60.3 Å². The molecule has 12 heteroatoms. The molecule has 2 N–H and O–H groups in total. The number of nitrogens with zero attached hydrogens (tertiary/aromatic N) is 7. The van der Waals surface area contributed by atoms with Crippen molar-refractivity contribution in [2.45, 2.75) is 46.4 Å². The summed E-state index contributed by atoms with van der Waals surface area (Å²) in [5.41, 5.74) is 5.49. The van der Waals surface area contributed by atoms with Gasteiger partial charge < -0.3 is 19.3 Å². The molecule has 1 aliphatic heterocycles. The Morgan fingerprint density at radius 2 is 2.03 bits per heavy atom. The molecule has 0 saturated carbocycles. The maximum atomic E-state index is 9.97. The maximum absolute atomic E-state index is 9.97. The predicted octanol–water partition coefficient (Wildman–Crippen LogP) is 3.21. The van der Waals surface area contributed by atoms with Crippen LogP contribution in [-0.2, 0) is 13.6 Å². The summed E-state index contributed by atoms with van der Waals surface area (Å²) in [6.07, 6.45) is 3.79. The van der Waals surface area contributed by atoms with Gasteiger partial charge in [-0.3, -0.25) is 14.7 Å². The van der Waals surface area contributed by atoms with Gasteiger partial charge in [-0.2, -0.15) is 10.2 Å². The second-order valence-electron chi connectivity index (χ2n) is 9.97. The monoisotopic (exact) mass is 536 g/mol. The van der Waals surface area contributed by atoms with Gasteiger partial charge in [0.2, 0.25) is 17.6 Å². The minimum atomic E-state index is -0.226. The first-order chi connectivity index (χ1) is 18.7. The maximum Gasteiger partial charge on any atom is 0.242 e. The Morgan fingerprint density at radius 3 is 2.74 bits per heavy atom. The molecule has 0 saturated heterocycles. The van der Waals surface area contributed by atoms with E-state index >= 15 is 0 Å². The average molecular weight is 537 g/mol. The van der Waals surface area contributed by atoms with E-state index in [1.807, 2.05) is 64.7 Å². The second-order valence-corrected chi connectivity index (χ2v) is 9.97. The molecular formula is C27H36N8O4. The van der Waals surface area contributed by atoms with Crippen molar-refractivity contribution in [3.63, 3.8) is 0 Å². The van der Waals surface area contributed by atoms with Crippen molar-refractivity contribution in [2.75, 3.05) is 33.9 Å². The normalized spacial score (nSPS) is 17.7. The van der Waals surface area contributed by atoms with Crippen LogP contribution in [0, 0.1) is 6.92 Å². The summed E-state index contributed by atoms with van der Waals surface area (Å²) < 4.78 is 21.7. The number of aromatic amines is 1. The third-order valence-electron chi connectivity index (χ3n) is 6.86. The van der Waals surface area contributed by atoms with Gasteiger partial charge in [0, 0.05) is 25.5 Å². The van der Waals surface area contributed by atoms with Gasteiger partial charge in [-0.15, -0.1) is 5.10 Å². The highest BCUT2D eigenvalue weighted by atomic mass is 16.5. The minimum absolute atomic E-state index is 0.0456. The largest absolute Gasteiger partial charge is 0.479 e.